The molecule has 0 unspecified atom stereocenters. The molecule has 0 fully saturated rings. The molecule has 1 aromatic carbocycles. The van der Waals surface area contributed by atoms with Crippen molar-refractivity contribution in [3.63, 3.8) is 0 Å². The van der Waals surface area contributed by atoms with Crippen molar-refractivity contribution >= 4 is 0 Å². The van der Waals surface area contributed by atoms with Crippen molar-refractivity contribution in [2.24, 2.45) is 0 Å². The van der Waals surface area contributed by atoms with Crippen LogP contribution in [0.3, 0.4) is 0 Å². The number of benzene rings is 1. The van der Waals surface area contributed by atoms with Gasteiger partial charge in [0.25, 0.3) is 0 Å². The molecule has 3 heteroatoms. The number of rotatable bonds is 7. The summed E-state index contributed by atoms with van der Waals surface area (Å²) in [6, 6.07) is 6.71. The summed E-state index contributed by atoms with van der Waals surface area (Å²) < 4.78 is 12.9. The molecule has 0 radical (unpaired) electrons. The number of aliphatic hydroxyl groups excluding tert-OH is 1. The van der Waals surface area contributed by atoms with Crippen LogP contribution in [-0.4, -0.2) is 30.2 Å². The predicted octanol–water partition coefficient (Wildman–Crippen LogP) is 2.42. The monoisotopic (exact) mass is 225 g/mol. The van der Waals surface area contributed by atoms with Crippen molar-refractivity contribution in [2.45, 2.75) is 25.8 Å². The van der Waals surface area contributed by atoms with Gasteiger partial charge in [0.05, 0.1) is 0 Å². The fraction of sp³-hybridized carbons (Fsp3) is 0.538. The smallest absolute Gasteiger partial charge is 0.123 e. The van der Waals surface area contributed by atoms with Gasteiger partial charge in [-0.15, -0.1) is 0 Å². The van der Waals surface area contributed by atoms with Crippen molar-refractivity contribution in [2.75, 3.05) is 20.2 Å². The highest BCUT2D eigenvalue weighted by Gasteiger charge is 2.01. The van der Waals surface area contributed by atoms with Crippen LogP contribution in [0.25, 0.3) is 0 Å². The van der Waals surface area contributed by atoms with Crippen LogP contribution in [0, 0.1) is 5.82 Å². The fourth-order valence-corrected chi connectivity index (χ4v) is 1.70. The number of hydrogen-bond donors (Lipinski definition) is 1. The summed E-state index contributed by atoms with van der Waals surface area (Å²) in [7, 11) is 2.03. The molecule has 0 amide bonds. The van der Waals surface area contributed by atoms with Crippen LogP contribution in [0.2, 0.25) is 0 Å². The molecule has 1 rings (SSSR count). The summed E-state index contributed by atoms with van der Waals surface area (Å²) in [4.78, 5) is 2.17. The Morgan fingerprint density at radius 1 is 1.25 bits per heavy atom. The lowest BCUT2D eigenvalue weighted by Gasteiger charge is -2.16. The van der Waals surface area contributed by atoms with Gasteiger partial charge in [0.15, 0.2) is 0 Å². The molecular weight excluding hydrogens is 205 g/mol. The first kappa shape index (κ1) is 13.1. The van der Waals surface area contributed by atoms with E-state index in [-0.39, 0.29) is 12.4 Å². The molecule has 0 aromatic heterocycles. The van der Waals surface area contributed by atoms with Crippen LogP contribution < -0.4 is 0 Å². The van der Waals surface area contributed by atoms with E-state index in [4.69, 9.17) is 5.11 Å². The highest BCUT2D eigenvalue weighted by atomic mass is 19.1. The average molecular weight is 225 g/mol. The summed E-state index contributed by atoms with van der Waals surface area (Å²) in [5.41, 5.74) is 1.00. The van der Waals surface area contributed by atoms with E-state index in [9.17, 15) is 4.39 Å². The maximum absolute atomic E-state index is 12.9. The first-order valence-electron chi connectivity index (χ1n) is 5.76. The van der Waals surface area contributed by atoms with E-state index >= 15 is 0 Å². The summed E-state index contributed by atoms with van der Waals surface area (Å²) in [6.45, 7) is 2.03. The van der Waals surface area contributed by atoms with Crippen molar-refractivity contribution in [1.29, 1.82) is 0 Å². The molecule has 0 heterocycles. The maximum atomic E-state index is 12.9. The molecule has 0 spiro atoms. The van der Waals surface area contributed by atoms with Crippen molar-refractivity contribution in [3.8, 4) is 0 Å². The van der Waals surface area contributed by atoms with E-state index in [2.05, 4.69) is 4.90 Å². The molecule has 1 aromatic rings. The molecule has 2 nitrogen and oxygen atoms in total. The molecule has 0 saturated heterocycles. The van der Waals surface area contributed by atoms with Crippen LogP contribution in [0.15, 0.2) is 24.3 Å². The Bertz CT molecular complexity index is 304. The van der Waals surface area contributed by atoms with Crippen molar-refractivity contribution < 1.29 is 9.50 Å². The quantitative estimate of drug-likeness (QED) is 0.720. The van der Waals surface area contributed by atoms with Gasteiger partial charge >= 0.3 is 0 Å². The number of hydrogen-bond acceptors (Lipinski definition) is 2. The molecule has 0 aliphatic heterocycles. The van der Waals surface area contributed by atoms with Crippen molar-refractivity contribution in [1.82, 2.24) is 4.90 Å². The Balaban J connectivity index is 2.25. The SMILES string of the molecule is CN(CCCCCO)Cc1cccc(F)c1. The zero-order valence-corrected chi connectivity index (χ0v) is 9.82. The third kappa shape index (κ3) is 5.24. The van der Waals surface area contributed by atoms with Gasteiger partial charge < -0.3 is 10.0 Å². The molecule has 0 saturated carbocycles. The van der Waals surface area contributed by atoms with Gasteiger partial charge in [-0.2, -0.15) is 0 Å². The molecule has 0 atom stereocenters. The first-order chi connectivity index (χ1) is 7.72. The molecule has 90 valence electrons. The fourth-order valence-electron chi connectivity index (χ4n) is 1.70. The first-order valence-corrected chi connectivity index (χ1v) is 5.76. The Morgan fingerprint density at radius 3 is 2.75 bits per heavy atom. The second-order valence-electron chi connectivity index (χ2n) is 4.15. The van der Waals surface area contributed by atoms with Crippen molar-refractivity contribution in [3.05, 3.63) is 35.6 Å². The van der Waals surface area contributed by atoms with Crippen LogP contribution in [0.5, 0.6) is 0 Å². The summed E-state index contributed by atoms with van der Waals surface area (Å²) in [5.74, 6) is -0.175. The highest BCUT2D eigenvalue weighted by molar-refractivity contribution is 5.15. The number of aliphatic hydroxyl groups is 1. The Labute approximate surface area is 96.7 Å². The largest absolute Gasteiger partial charge is 0.396 e. The lowest BCUT2D eigenvalue weighted by molar-refractivity contribution is 0.271. The van der Waals surface area contributed by atoms with Crippen LogP contribution >= 0.6 is 0 Å². The van der Waals surface area contributed by atoms with Crippen LogP contribution in [-0.2, 0) is 6.54 Å². The standard InChI is InChI=1S/C13H20FNO/c1-15(8-3-2-4-9-16)11-12-6-5-7-13(14)10-12/h5-7,10,16H,2-4,8-9,11H2,1H3. The van der Waals surface area contributed by atoms with Crippen LogP contribution in [0.1, 0.15) is 24.8 Å². The van der Waals surface area contributed by atoms with E-state index in [1.165, 1.54) is 6.07 Å². The van der Waals surface area contributed by atoms with Gasteiger partial charge in [0.1, 0.15) is 5.82 Å². The molecule has 16 heavy (non-hydrogen) atoms. The second-order valence-corrected chi connectivity index (χ2v) is 4.15. The predicted molar refractivity (Wildman–Crippen MR) is 63.7 cm³/mol. The zero-order chi connectivity index (χ0) is 11.8. The molecular formula is C13H20FNO. The third-order valence-corrected chi connectivity index (χ3v) is 2.54. The summed E-state index contributed by atoms with van der Waals surface area (Å²) in [6.07, 6.45) is 2.99. The van der Waals surface area contributed by atoms with E-state index in [1.54, 1.807) is 12.1 Å². The lowest BCUT2D eigenvalue weighted by atomic mass is 10.2. The minimum atomic E-state index is -0.175. The van der Waals surface area contributed by atoms with Gasteiger partial charge in [0.2, 0.25) is 0 Å². The second kappa shape index (κ2) is 7.36. The van der Waals surface area contributed by atoms with Crippen LogP contribution in [0.4, 0.5) is 4.39 Å². The zero-order valence-electron chi connectivity index (χ0n) is 9.82. The van der Waals surface area contributed by atoms with E-state index in [1.807, 2.05) is 13.1 Å². The van der Waals surface area contributed by atoms with Gasteiger partial charge in [-0.05, 0) is 50.6 Å². The van der Waals surface area contributed by atoms with E-state index in [0.717, 1.165) is 37.9 Å². The molecule has 1 N–H and O–H groups in total. The Hall–Kier alpha value is -0.930. The normalized spacial score (nSPS) is 11.0. The third-order valence-electron chi connectivity index (χ3n) is 2.54. The maximum Gasteiger partial charge on any atom is 0.123 e. The summed E-state index contributed by atoms with van der Waals surface area (Å²) >= 11 is 0. The molecule has 0 aliphatic carbocycles. The topological polar surface area (TPSA) is 23.5 Å². The molecule has 0 aliphatic rings. The molecule has 0 bridgehead atoms. The minimum Gasteiger partial charge on any atom is -0.396 e. The number of nitrogens with zero attached hydrogens (tertiary/aromatic N) is 1. The van der Waals surface area contributed by atoms with E-state index < -0.39 is 0 Å². The Morgan fingerprint density at radius 2 is 2.06 bits per heavy atom. The summed E-state index contributed by atoms with van der Waals surface area (Å²) in [5, 5.41) is 8.64. The average Bonchev–Trinajstić information content (AvgIpc) is 2.24. The van der Waals surface area contributed by atoms with Gasteiger partial charge in [-0.1, -0.05) is 12.1 Å². The minimum absolute atomic E-state index is 0.175. The van der Waals surface area contributed by atoms with Gasteiger partial charge in [-0.25, -0.2) is 4.39 Å². The van der Waals surface area contributed by atoms with Gasteiger partial charge in [-0.3, -0.25) is 0 Å². The number of halogens is 1. The lowest BCUT2D eigenvalue weighted by Crippen LogP contribution is -2.19. The number of unbranched alkanes of at least 4 members (excludes halogenated alkanes) is 2. The highest BCUT2D eigenvalue weighted by Crippen LogP contribution is 2.07. The van der Waals surface area contributed by atoms with Gasteiger partial charge in [0, 0.05) is 13.2 Å². The van der Waals surface area contributed by atoms with E-state index in [0.29, 0.717) is 0 Å². The Kier molecular flexibility index (Phi) is 6.04.